The van der Waals surface area contributed by atoms with Crippen LogP contribution in [-0.4, -0.2) is 28.2 Å². The summed E-state index contributed by atoms with van der Waals surface area (Å²) in [5.41, 5.74) is 4.19. The standard InChI is InChI=1S/C21H14N4O2S/c1-2-5-15-14(4-1)22-19-21(23-15)25(20(24-19)18-6-3-11-28-18)13-7-8-16-17(12-13)27-10-9-26-16/h1-8,11-12H,9-10H2/p+1. The van der Waals surface area contributed by atoms with Crippen molar-refractivity contribution >= 4 is 33.7 Å². The summed E-state index contributed by atoms with van der Waals surface area (Å²) in [6, 6.07) is 18.0. The Hall–Kier alpha value is -3.45. The molecule has 1 aliphatic heterocycles. The van der Waals surface area contributed by atoms with E-state index in [1.165, 1.54) is 0 Å². The third-order valence-electron chi connectivity index (χ3n) is 4.76. The van der Waals surface area contributed by atoms with Gasteiger partial charge < -0.3 is 9.47 Å². The molecule has 7 heteroatoms. The van der Waals surface area contributed by atoms with Crippen molar-refractivity contribution in [2.45, 2.75) is 0 Å². The fourth-order valence-electron chi connectivity index (χ4n) is 3.51. The quantitative estimate of drug-likeness (QED) is 0.467. The van der Waals surface area contributed by atoms with E-state index < -0.39 is 0 Å². The van der Waals surface area contributed by atoms with Gasteiger partial charge in [-0.1, -0.05) is 23.2 Å². The molecule has 6 nitrogen and oxygen atoms in total. The lowest BCUT2D eigenvalue weighted by atomic mass is 10.2. The van der Waals surface area contributed by atoms with E-state index in [0.717, 1.165) is 50.2 Å². The van der Waals surface area contributed by atoms with E-state index in [1.807, 2.05) is 48.5 Å². The molecule has 0 saturated carbocycles. The number of thiophene rings is 1. The molecule has 28 heavy (non-hydrogen) atoms. The molecule has 0 spiro atoms. The van der Waals surface area contributed by atoms with Gasteiger partial charge in [-0.2, -0.15) is 4.57 Å². The lowest BCUT2D eigenvalue weighted by Gasteiger charge is -2.18. The van der Waals surface area contributed by atoms with Crippen molar-refractivity contribution < 1.29 is 14.0 Å². The van der Waals surface area contributed by atoms with Gasteiger partial charge in [-0.05, 0) is 35.7 Å². The summed E-state index contributed by atoms with van der Waals surface area (Å²) in [6.45, 7) is 1.13. The number of ether oxygens (including phenoxy) is 2. The maximum atomic E-state index is 5.79. The van der Waals surface area contributed by atoms with Gasteiger partial charge in [0, 0.05) is 6.07 Å². The normalized spacial score (nSPS) is 13.3. The third kappa shape index (κ3) is 2.36. The van der Waals surface area contributed by atoms with Gasteiger partial charge in [-0.3, -0.25) is 0 Å². The first kappa shape index (κ1) is 15.6. The van der Waals surface area contributed by atoms with Crippen LogP contribution in [0.15, 0.2) is 60.0 Å². The Morgan fingerprint density at radius 2 is 1.71 bits per heavy atom. The van der Waals surface area contributed by atoms with Crippen LogP contribution in [0, 0.1) is 0 Å². The first-order valence-corrected chi connectivity index (χ1v) is 9.89. The number of hydrogen-bond donors (Lipinski definition) is 1. The van der Waals surface area contributed by atoms with Gasteiger partial charge in [0.2, 0.25) is 0 Å². The maximum Gasteiger partial charge on any atom is 0.328 e. The molecule has 0 atom stereocenters. The van der Waals surface area contributed by atoms with Gasteiger partial charge in [0.25, 0.3) is 11.5 Å². The second kappa shape index (κ2) is 6.03. The Morgan fingerprint density at radius 3 is 2.54 bits per heavy atom. The topological polar surface area (TPSA) is 63.9 Å². The van der Waals surface area contributed by atoms with Gasteiger partial charge in [-0.15, -0.1) is 11.3 Å². The van der Waals surface area contributed by atoms with E-state index in [1.54, 1.807) is 11.3 Å². The molecule has 3 aromatic heterocycles. The molecule has 1 aliphatic rings. The summed E-state index contributed by atoms with van der Waals surface area (Å²) in [5, 5.41) is 2.06. The minimum atomic E-state index is 0.553. The van der Waals surface area contributed by atoms with Crippen molar-refractivity contribution in [3.8, 4) is 27.9 Å². The molecule has 5 aromatic rings. The van der Waals surface area contributed by atoms with Crippen molar-refractivity contribution in [2.24, 2.45) is 0 Å². The Morgan fingerprint density at radius 1 is 0.893 bits per heavy atom. The monoisotopic (exact) mass is 387 g/mol. The number of hydrogen-bond acceptors (Lipinski definition) is 5. The van der Waals surface area contributed by atoms with Crippen LogP contribution in [-0.2, 0) is 0 Å². The van der Waals surface area contributed by atoms with Gasteiger partial charge in [-0.25, -0.2) is 9.97 Å². The molecule has 0 fully saturated rings. The number of nitrogens with one attached hydrogen (secondary N) is 1. The van der Waals surface area contributed by atoms with Crippen LogP contribution >= 0.6 is 11.3 Å². The zero-order chi connectivity index (χ0) is 18.5. The first-order chi connectivity index (χ1) is 13.9. The van der Waals surface area contributed by atoms with E-state index >= 15 is 0 Å². The van der Waals surface area contributed by atoms with E-state index in [2.05, 4.69) is 21.0 Å². The Bertz CT molecular complexity index is 1330. The minimum Gasteiger partial charge on any atom is -0.486 e. The number of nitrogens with zero attached hydrogens (tertiary/aromatic N) is 3. The lowest BCUT2D eigenvalue weighted by molar-refractivity contribution is -0.556. The summed E-state index contributed by atoms with van der Waals surface area (Å²) in [7, 11) is 0. The number of para-hydroxylation sites is 2. The number of fused-ring (bicyclic) bond motifs is 3. The Kier molecular flexibility index (Phi) is 3.36. The maximum absolute atomic E-state index is 5.79. The molecule has 0 amide bonds. The SMILES string of the molecule is c1csc(-c2[nH]c3nc4ccccc4nc3[n+]2-c2ccc3c(c2)OCCO3)c1. The number of rotatable bonds is 2. The average Bonchev–Trinajstić information content (AvgIpc) is 3.39. The molecule has 1 N–H and O–H groups in total. The first-order valence-electron chi connectivity index (χ1n) is 9.01. The van der Waals surface area contributed by atoms with Crippen LogP contribution in [0.25, 0.3) is 38.7 Å². The lowest BCUT2D eigenvalue weighted by Crippen LogP contribution is -2.33. The average molecular weight is 387 g/mol. The number of H-pyrrole nitrogens is 1. The van der Waals surface area contributed by atoms with Gasteiger partial charge >= 0.3 is 5.65 Å². The van der Waals surface area contributed by atoms with Crippen LogP contribution in [0.1, 0.15) is 0 Å². The summed E-state index contributed by atoms with van der Waals surface area (Å²) in [5.74, 6) is 2.46. The fraction of sp³-hybridized carbons (Fsp3) is 0.0952. The molecule has 6 rings (SSSR count). The minimum absolute atomic E-state index is 0.553. The summed E-state index contributed by atoms with van der Waals surface area (Å²) < 4.78 is 13.6. The molecular formula is C21H15N4O2S+. The highest BCUT2D eigenvalue weighted by Crippen LogP contribution is 2.32. The van der Waals surface area contributed by atoms with Crippen LogP contribution in [0.2, 0.25) is 0 Å². The van der Waals surface area contributed by atoms with Crippen molar-refractivity contribution in [1.82, 2.24) is 15.0 Å². The molecule has 4 heterocycles. The smallest absolute Gasteiger partial charge is 0.328 e. The third-order valence-corrected chi connectivity index (χ3v) is 5.64. The zero-order valence-corrected chi connectivity index (χ0v) is 15.6. The van der Waals surface area contributed by atoms with Crippen molar-refractivity contribution in [2.75, 3.05) is 13.2 Å². The molecule has 2 aromatic carbocycles. The van der Waals surface area contributed by atoms with Crippen LogP contribution < -0.4 is 14.0 Å². The second-order valence-electron chi connectivity index (χ2n) is 6.50. The Balaban J connectivity index is 1.67. The molecule has 0 aliphatic carbocycles. The number of aromatic amines is 1. The molecular weight excluding hydrogens is 372 g/mol. The molecule has 0 unspecified atom stereocenters. The van der Waals surface area contributed by atoms with E-state index in [4.69, 9.17) is 19.4 Å². The highest BCUT2D eigenvalue weighted by atomic mass is 32.1. The van der Waals surface area contributed by atoms with Crippen LogP contribution in [0.4, 0.5) is 0 Å². The molecule has 0 bridgehead atoms. The predicted molar refractivity (Wildman–Crippen MR) is 107 cm³/mol. The fourth-order valence-corrected chi connectivity index (χ4v) is 4.23. The van der Waals surface area contributed by atoms with Crippen molar-refractivity contribution in [1.29, 1.82) is 0 Å². The number of benzene rings is 2. The largest absolute Gasteiger partial charge is 0.486 e. The summed E-state index contributed by atoms with van der Waals surface area (Å²) in [4.78, 5) is 14.3. The van der Waals surface area contributed by atoms with Crippen molar-refractivity contribution in [3.63, 3.8) is 0 Å². The van der Waals surface area contributed by atoms with Gasteiger partial charge in [0.05, 0.1) is 0 Å². The number of imidazole rings is 1. The molecule has 136 valence electrons. The van der Waals surface area contributed by atoms with Crippen LogP contribution in [0.5, 0.6) is 11.5 Å². The van der Waals surface area contributed by atoms with Gasteiger partial charge in [0.15, 0.2) is 17.0 Å². The van der Waals surface area contributed by atoms with Crippen molar-refractivity contribution in [3.05, 3.63) is 60.0 Å². The number of aromatic nitrogens is 4. The second-order valence-corrected chi connectivity index (χ2v) is 7.45. The highest BCUT2D eigenvalue weighted by molar-refractivity contribution is 7.13. The van der Waals surface area contributed by atoms with Gasteiger partial charge in [0.1, 0.15) is 29.3 Å². The Labute approximate surface area is 164 Å². The van der Waals surface area contributed by atoms with Crippen LogP contribution in [0.3, 0.4) is 0 Å². The highest BCUT2D eigenvalue weighted by Gasteiger charge is 2.26. The summed E-state index contributed by atoms with van der Waals surface area (Å²) in [6.07, 6.45) is 0. The molecule has 0 radical (unpaired) electrons. The predicted octanol–water partition coefficient (Wildman–Crippen LogP) is 3.89. The van der Waals surface area contributed by atoms with E-state index in [0.29, 0.717) is 13.2 Å². The van der Waals surface area contributed by atoms with E-state index in [9.17, 15) is 0 Å². The van der Waals surface area contributed by atoms with E-state index in [-0.39, 0.29) is 0 Å². The summed E-state index contributed by atoms with van der Waals surface area (Å²) >= 11 is 1.67. The molecule has 0 saturated heterocycles. The zero-order valence-electron chi connectivity index (χ0n) is 14.8.